The zero-order chi connectivity index (χ0) is 15.1. The summed E-state index contributed by atoms with van der Waals surface area (Å²) in [4.78, 5) is 25.1. The summed E-state index contributed by atoms with van der Waals surface area (Å²) in [5.74, 6) is 0.631. The zero-order valence-electron chi connectivity index (χ0n) is 11.9. The van der Waals surface area contributed by atoms with Crippen LogP contribution in [-0.4, -0.2) is 18.7 Å². The summed E-state index contributed by atoms with van der Waals surface area (Å²) < 4.78 is 6.38. The van der Waals surface area contributed by atoms with Crippen molar-refractivity contribution in [2.24, 2.45) is 5.92 Å². The van der Waals surface area contributed by atoms with Gasteiger partial charge in [0, 0.05) is 21.1 Å². The van der Waals surface area contributed by atoms with E-state index < -0.39 is 0 Å². The molecule has 0 radical (unpaired) electrons. The molecule has 21 heavy (non-hydrogen) atoms. The third-order valence-electron chi connectivity index (χ3n) is 3.79. The molecule has 0 spiro atoms. The van der Waals surface area contributed by atoms with Gasteiger partial charge in [-0.2, -0.15) is 0 Å². The predicted molar refractivity (Wildman–Crippen MR) is 84.8 cm³/mol. The summed E-state index contributed by atoms with van der Waals surface area (Å²) >= 11 is 7.99. The van der Waals surface area contributed by atoms with E-state index in [-0.39, 0.29) is 23.9 Å². The Hall–Kier alpha value is -1.39. The molecule has 1 heterocycles. The van der Waals surface area contributed by atoms with Crippen LogP contribution in [-0.2, 0) is 4.79 Å². The van der Waals surface area contributed by atoms with E-state index >= 15 is 0 Å². The molecule has 0 unspecified atom stereocenters. The normalized spacial score (nSPS) is 14.4. The summed E-state index contributed by atoms with van der Waals surface area (Å²) in [5.41, 5.74) is 0.411. The number of hydrogen-bond acceptors (Lipinski definition) is 4. The number of benzene rings is 1. The summed E-state index contributed by atoms with van der Waals surface area (Å²) in [6.07, 6.45) is 1.77. The van der Waals surface area contributed by atoms with Gasteiger partial charge in [-0.1, -0.05) is 11.6 Å². The van der Waals surface area contributed by atoms with Crippen molar-refractivity contribution in [3.63, 3.8) is 0 Å². The van der Waals surface area contributed by atoms with E-state index in [4.69, 9.17) is 16.3 Å². The number of methoxy groups -OCH3 is 1. The Morgan fingerprint density at radius 1 is 1.38 bits per heavy atom. The fraction of sp³-hybridized carbons (Fsp3) is 0.375. The Morgan fingerprint density at radius 2 is 2.10 bits per heavy atom. The largest absolute Gasteiger partial charge is 0.495 e. The summed E-state index contributed by atoms with van der Waals surface area (Å²) in [6.45, 7) is 1.96. The molecule has 1 aliphatic rings. The molecule has 1 aromatic heterocycles. The standard InChI is InChI=1S/C16H15ClO3S/c1-8-16(20-2)14-13(21-8)6-5-10(15(14)17)12(19)7-11(18)9-3-4-9/h5-6,9H,3-4,7H2,1-2H3. The van der Waals surface area contributed by atoms with Crippen LogP contribution in [0.2, 0.25) is 5.02 Å². The molecule has 0 N–H and O–H groups in total. The van der Waals surface area contributed by atoms with E-state index in [9.17, 15) is 9.59 Å². The Morgan fingerprint density at radius 3 is 2.71 bits per heavy atom. The number of hydrogen-bond donors (Lipinski definition) is 0. The summed E-state index contributed by atoms with van der Waals surface area (Å²) in [5, 5.41) is 1.16. The van der Waals surface area contributed by atoms with Gasteiger partial charge < -0.3 is 4.74 Å². The molecule has 110 valence electrons. The Labute approximate surface area is 131 Å². The molecule has 0 amide bonds. The van der Waals surface area contributed by atoms with Gasteiger partial charge in [0.2, 0.25) is 0 Å². The fourth-order valence-corrected chi connectivity index (χ4v) is 3.96. The second-order valence-corrected chi connectivity index (χ2v) is 6.97. The fourth-order valence-electron chi connectivity index (χ4n) is 2.51. The van der Waals surface area contributed by atoms with Gasteiger partial charge in [-0.15, -0.1) is 11.3 Å². The van der Waals surface area contributed by atoms with Crippen LogP contribution in [0.3, 0.4) is 0 Å². The minimum Gasteiger partial charge on any atom is -0.495 e. The van der Waals surface area contributed by atoms with Crippen molar-refractivity contribution in [3.8, 4) is 5.75 Å². The molecule has 1 aliphatic carbocycles. The molecule has 2 aromatic rings. The molecule has 3 nitrogen and oxygen atoms in total. The highest BCUT2D eigenvalue weighted by Gasteiger charge is 2.31. The van der Waals surface area contributed by atoms with Crippen LogP contribution in [0.15, 0.2) is 12.1 Å². The molecular weight excluding hydrogens is 308 g/mol. The first-order valence-electron chi connectivity index (χ1n) is 6.84. The number of rotatable bonds is 5. The summed E-state index contributed by atoms with van der Waals surface area (Å²) in [7, 11) is 1.59. The number of ketones is 2. The van der Waals surface area contributed by atoms with Gasteiger partial charge in [0.25, 0.3) is 0 Å². The predicted octanol–water partition coefficient (Wildman–Crippen LogP) is 4.42. The van der Waals surface area contributed by atoms with Crippen LogP contribution in [0.1, 0.15) is 34.5 Å². The van der Waals surface area contributed by atoms with Crippen LogP contribution < -0.4 is 4.74 Å². The van der Waals surface area contributed by atoms with E-state index in [1.54, 1.807) is 24.5 Å². The lowest BCUT2D eigenvalue weighted by molar-refractivity contribution is -0.119. The van der Waals surface area contributed by atoms with E-state index in [0.717, 1.165) is 27.8 Å². The average molecular weight is 323 g/mol. The number of aryl methyl sites for hydroxylation is 1. The second-order valence-electron chi connectivity index (χ2n) is 5.33. The van der Waals surface area contributed by atoms with Gasteiger partial charge in [-0.3, -0.25) is 9.59 Å². The van der Waals surface area contributed by atoms with Gasteiger partial charge >= 0.3 is 0 Å². The third kappa shape index (κ3) is 2.58. The van der Waals surface area contributed by atoms with Crippen molar-refractivity contribution in [3.05, 3.63) is 27.6 Å². The Kier molecular flexibility index (Phi) is 3.76. The molecule has 0 bridgehead atoms. The van der Waals surface area contributed by atoms with Crippen molar-refractivity contribution in [1.82, 2.24) is 0 Å². The van der Waals surface area contributed by atoms with Gasteiger partial charge in [-0.05, 0) is 31.9 Å². The lowest BCUT2D eigenvalue weighted by atomic mass is 10.0. The van der Waals surface area contributed by atoms with E-state index in [1.807, 2.05) is 13.0 Å². The first-order chi connectivity index (χ1) is 10.0. The molecule has 0 aliphatic heterocycles. The summed E-state index contributed by atoms with van der Waals surface area (Å²) in [6, 6.07) is 3.58. The maximum absolute atomic E-state index is 12.3. The topological polar surface area (TPSA) is 43.4 Å². The smallest absolute Gasteiger partial charge is 0.171 e. The molecule has 0 atom stereocenters. The minimum absolute atomic E-state index is 0.0321. The van der Waals surface area contributed by atoms with Crippen molar-refractivity contribution in [2.75, 3.05) is 7.11 Å². The Balaban J connectivity index is 2.00. The van der Waals surface area contributed by atoms with Gasteiger partial charge in [-0.25, -0.2) is 0 Å². The van der Waals surface area contributed by atoms with E-state index in [0.29, 0.717) is 16.3 Å². The van der Waals surface area contributed by atoms with Crippen molar-refractivity contribution in [1.29, 1.82) is 0 Å². The lowest BCUT2D eigenvalue weighted by Gasteiger charge is -2.06. The van der Waals surface area contributed by atoms with Gasteiger partial charge in [0.15, 0.2) is 5.78 Å². The van der Waals surface area contributed by atoms with Crippen LogP contribution in [0.25, 0.3) is 10.1 Å². The van der Waals surface area contributed by atoms with Gasteiger partial charge in [0.05, 0.1) is 23.9 Å². The molecule has 3 rings (SSSR count). The number of carbonyl (C=O) groups is 2. The van der Waals surface area contributed by atoms with E-state index in [1.165, 1.54) is 0 Å². The van der Waals surface area contributed by atoms with Crippen LogP contribution in [0.4, 0.5) is 0 Å². The third-order valence-corrected chi connectivity index (χ3v) is 5.23. The maximum Gasteiger partial charge on any atom is 0.171 e. The second kappa shape index (κ2) is 5.43. The van der Waals surface area contributed by atoms with Crippen LogP contribution in [0.5, 0.6) is 5.75 Å². The number of Topliss-reactive ketones (excluding diaryl/α,β-unsaturated/α-hetero) is 2. The number of fused-ring (bicyclic) bond motifs is 1. The van der Waals surface area contributed by atoms with Crippen molar-refractivity contribution < 1.29 is 14.3 Å². The van der Waals surface area contributed by atoms with Crippen molar-refractivity contribution in [2.45, 2.75) is 26.2 Å². The van der Waals surface area contributed by atoms with Crippen LogP contribution >= 0.6 is 22.9 Å². The minimum atomic E-state index is -0.204. The number of thiophene rings is 1. The van der Waals surface area contributed by atoms with Crippen molar-refractivity contribution >= 4 is 44.6 Å². The highest BCUT2D eigenvalue weighted by atomic mass is 35.5. The highest BCUT2D eigenvalue weighted by molar-refractivity contribution is 7.19. The first-order valence-corrected chi connectivity index (χ1v) is 8.04. The lowest BCUT2D eigenvalue weighted by Crippen LogP contribution is -2.10. The number of halogens is 1. The first kappa shape index (κ1) is 14.5. The molecule has 1 fully saturated rings. The van der Waals surface area contributed by atoms with Gasteiger partial charge in [0.1, 0.15) is 11.5 Å². The maximum atomic E-state index is 12.3. The number of carbonyl (C=O) groups excluding carboxylic acids is 2. The molecule has 5 heteroatoms. The quantitative estimate of drug-likeness (QED) is 0.604. The zero-order valence-corrected chi connectivity index (χ0v) is 13.4. The SMILES string of the molecule is COc1c(C)sc2ccc(C(=O)CC(=O)C3CC3)c(Cl)c12. The molecule has 1 saturated carbocycles. The molecule has 1 aromatic carbocycles. The molecular formula is C16H15ClO3S. The van der Waals surface area contributed by atoms with E-state index in [2.05, 4.69) is 0 Å². The molecule has 0 saturated heterocycles. The average Bonchev–Trinajstić information content (AvgIpc) is 3.22. The number of ether oxygens (including phenoxy) is 1. The monoisotopic (exact) mass is 322 g/mol. The highest BCUT2D eigenvalue weighted by Crippen LogP contribution is 2.42. The Bertz CT molecular complexity index is 744. The van der Waals surface area contributed by atoms with Crippen LogP contribution in [0, 0.1) is 12.8 Å².